The third kappa shape index (κ3) is 5.40. The highest BCUT2D eigenvalue weighted by Crippen LogP contribution is 2.18. The van der Waals surface area contributed by atoms with Crippen LogP contribution in [0.3, 0.4) is 0 Å². The first-order valence-corrected chi connectivity index (χ1v) is 6.69. The summed E-state index contributed by atoms with van der Waals surface area (Å²) < 4.78 is 5.04. The first-order valence-electron chi connectivity index (χ1n) is 6.69. The zero-order valence-electron chi connectivity index (χ0n) is 12.1. The fourth-order valence-corrected chi connectivity index (χ4v) is 1.80. The molecule has 19 heavy (non-hydrogen) atoms. The zero-order valence-corrected chi connectivity index (χ0v) is 12.1. The number of nitrogens with two attached hydrogens (primary N) is 1. The molecule has 6 heteroatoms. The van der Waals surface area contributed by atoms with Crippen molar-refractivity contribution in [1.82, 2.24) is 14.9 Å². The number of nitrogen functional groups attached to an aromatic ring is 1. The van der Waals surface area contributed by atoms with E-state index in [0.717, 1.165) is 50.5 Å². The largest absolute Gasteiger partial charge is 0.383 e. The number of aromatic nitrogens is 2. The molecular formula is C13H25N5O. The normalized spacial score (nSPS) is 10.9. The maximum absolute atomic E-state index is 5.89. The molecule has 1 aromatic heterocycles. The van der Waals surface area contributed by atoms with Gasteiger partial charge >= 0.3 is 0 Å². The molecule has 0 saturated heterocycles. The summed E-state index contributed by atoms with van der Waals surface area (Å²) in [6.07, 6.45) is 3.43. The van der Waals surface area contributed by atoms with Crippen molar-refractivity contribution < 1.29 is 4.74 Å². The lowest BCUT2D eigenvalue weighted by molar-refractivity contribution is 0.163. The Balaban J connectivity index is 2.46. The zero-order chi connectivity index (χ0) is 14.1. The van der Waals surface area contributed by atoms with Gasteiger partial charge in [0.15, 0.2) is 0 Å². The molecule has 1 heterocycles. The molecule has 0 spiro atoms. The second-order valence-corrected chi connectivity index (χ2v) is 4.56. The number of methoxy groups -OCH3 is 1. The Morgan fingerprint density at radius 3 is 2.84 bits per heavy atom. The van der Waals surface area contributed by atoms with E-state index >= 15 is 0 Å². The van der Waals surface area contributed by atoms with Crippen LogP contribution in [0.2, 0.25) is 0 Å². The molecule has 6 nitrogen and oxygen atoms in total. The highest BCUT2D eigenvalue weighted by Gasteiger charge is 2.08. The summed E-state index contributed by atoms with van der Waals surface area (Å²) in [6, 6.07) is 0. The molecule has 0 aliphatic heterocycles. The minimum Gasteiger partial charge on any atom is -0.383 e. The highest BCUT2D eigenvalue weighted by atomic mass is 16.5. The van der Waals surface area contributed by atoms with Crippen LogP contribution in [-0.2, 0) is 11.2 Å². The highest BCUT2D eigenvalue weighted by molar-refractivity contribution is 5.54. The quantitative estimate of drug-likeness (QED) is 0.695. The van der Waals surface area contributed by atoms with Gasteiger partial charge in [-0.25, -0.2) is 9.97 Å². The third-order valence-electron chi connectivity index (χ3n) is 2.94. The van der Waals surface area contributed by atoms with Gasteiger partial charge in [-0.05, 0) is 13.5 Å². The van der Waals surface area contributed by atoms with Crippen LogP contribution < -0.4 is 11.1 Å². The summed E-state index contributed by atoms with van der Waals surface area (Å²) in [5.74, 6) is 1.43. The van der Waals surface area contributed by atoms with Crippen molar-refractivity contribution in [2.75, 3.05) is 51.4 Å². The lowest BCUT2D eigenvalue weighted by atomic mass is 10.1. The van der Waals surface area contributed by atoms with Gasteiger partial charge in [-0.3, -0.25) is 0 Å². The molecule has 3 N–H and O–H groups in total. The van der Waals surface area contributed by atoms with E-state index in [4.69, 9.17) is 10.5 Å². The summed E-state index contributed by atoms with van der Waals surface area (Å²) in [7, 11) is 3.79. The van der Waals surface area contributed by atoms with Crippen molar-refractivity contribution in [3.8, 4) is 0 Å². The van der Waals surface area contributed by atoms with E-state index in [1.54, 1.807) is 7.11 Å². The maximum Gasteiger partial charge on any atom is 0.134 e. The summed E-state index contributed by atoms with van der Waals surface area (Å²) in [4.78, 5) is 10.5. The standard InChI is InChI=1S/C13H25N5O/c1-4-5-11-12(14)16-10-17-13(11)15-6-7-18(2)8-9-19-3/h10H,4-9H2,1-3H3,(H3,14,15,16,17). The van der Waals surface area contributed by atoms with Crippen LogP contribution in [0.25, 0.3) is 0 Å². The average molecular weight is 267 g/mol. The summed E-state index contributed by atoms with van der Waals surface area (Å²) in [5.41, 5.74) is 6.90. The van der Waals surface area contributed by atoms with Gasteiger partial charge in [-0.2, -0.15) is 0 Å². The van der Waals surface area contributed by atoms with Crippen molar-refractivity contribution in [3.05, 3.63) is 11.9 Å². The number of nitrogens with one attached hydrogen (secondary N) is 1. The minimum atomic E-state index is 0.576. The van der Waals surface area contributed by atoms with E-state index in [0.29, 0.717) is 5.82 Å². The van der Waals surface area contributed by atoms with Gasteiger partial charge in [-0.15, -0.1) is 0 Å². The Labute approximate surface area is 115 Å². The number of likely N-dealkylation sites (N-methyl/N-ethyl adjacent to an activating group) is 1. The van der Waals surface area contributed by atoms with Crippen LogP contribution in [-0.4, -0.2) is 55.3 Å². The summed E-state index contributed by atoms with van der Waals surface area (Å²) in [5, 5.41) is 3.33. The van der Waals surface area contributed by atoms with Crippen LogP contribution in [0.15, 0.2) is 6.33 Å². The molecule has 0 amide bonds. The Hall–Kier alpha value is -1.40. The molecule has 1 rings (SSSR count). The first-order chi connectivity index (χ1) is 9.19. The number of anilines is 2. The van der Waals surface area contributed by atoms with Crippen LogP contribution in [0, 0.1) is 0 Å². The van der Waals surface area contributed by atoms with Crippen molar-refractivity contribution in [2.24, 2.45) is 0 Å². The predicted octanol–water partition coefficient (Wildman–Crippen LogP) is 1.00. The molecule has 0 bridgehead atoms. The molecule has 0 radical (unpaired) electrons. The molecule has 0 aromatic carbocycles. The smallest absolute Gasteiger partial charge is 0.134 e. The first kappa shape index (κ1) is 15.7. The summed E-state index contributed by atoms with van der Waals surface area (Å²) in [6.45, 7) is 5.55. The monoisotopic (exact) mass is 267 g/mol. The molecule has 108 valence electrons. The number of ether oxygens (including phenoxy) is 1. The van der Waals surface area contributed by atoms with Crippen LogP contribution >= 0.6 is 0 Å². The average Bonchev–Trinajstić information content (AvgIpc) is 2.40. The lowest BCUT2D eigenvalue weighted by Crippen LogP contribution is -2.28. The fourth-order valence-electron chi connectivity index (χ4n) is 1.80. The number of nitrogens with zero attached hydrogens (tertiary/aromatic N) is 3. The summed E-state index contributed by atoms with van der Waals surface area (Å²) >= 11 is 0. The second-order valence-electron chi connectivity index (χ2n) is 4.56. The van der Waals surface area contributed by atoms with E-state index in [1.807, 2.05) is 0 Å². The number of hydrogen-bond donors (Lipinski definition) is 2. The third-order valence-corrected chi connectivity index (χ3v) is 2.94. The SMILES string of the molecule is CCCc1c(N)ncnc1NCCN(C)CCOC. The molecule has 0 atom stereocenters. The lowest BCUT2D eigenvalue weighted by Gasteiger charge is -2.17. The Bertz CT molecular complexity index is 372. The molecule has 1 aromatic rings. The van der Waals surface area contributed by atoms with Crippen molar-refractivity contribution in [2.45, 2.75) is 19.8 Å². The van der Waals surface area contributed by atoms with Crippen LogP contribution in [0.4, 0.5) is 11.6 Å². The van der Waals surface area contributed by atoms with Crippen molar-refractivity contribution in [3.63, 3.8) is 0 Å². The van der Waals surface area contributed by atoms with Gasteiger partial charge in [-0.1, -0.05) is 13.3 Å². The molecule has 0 fully saturated rings. The molecule has 0 aliphatic rings. The van der Waals surface area contributed by atoms with E-state index in [9.17, 15) is 0 Å². The Kier molecular flexibility index (Phi) is 7.14. The predicted molar refractivity (Wildman–Crippen MR) is 78.3 cm³/mol. The molecular weight excluding hydrogens is 242 g/mol. The van der Waals surface area contributed by atoms with Crippen LogP contribution in [0.1, 0.15) is 18.9 Å². The molecule has 0 unspecified atom stereocenters. The topological polar surface area (TPSA) is 76.3 Å². The van der Waals surface area contributed by atoms with Gasteiger partial charge in [0, 0.05) is 32.3 Å². The Morgan fingerprint density at radius 2 is 2.16 bits per heavy atom. The maximum atomic E-state index is 5.89. The van der Waals surface area contributed by atoms with Gasteiger partial charge < -0.3 is 20.7 Å². The van der Waals surface area contributed by atoms with Crippen molar-refractivity contribution >= 4 is 11.6 Å². The van der Waals surface area contributed by atoms with Gasteiger partial charge in [0.1, 0.15) is 18.0 Å². The van der Waals surface area contributed by atoms with E-state index in [-0.39, 0.29) is 0 Å². The molecule has 0 saturated carbocycles. The van der Waals surface area contributed by atoms with E-state index < -0.39 is 0 Å². The fraction of sp³-hybridized carbons (Fsp3) is 0.692. The van der Waals surface area contributed by atoms with Gasteiger partial charge in [0.2, 0.25) is 0 Å². The molecule has 0 aliphatic carbocycles. The van der Waals surface area contributed by atoms with Crippen LogP contribution in [0.5, 0.6) is 0 Å². The minimum absolute atomic E-state index is 0.576. The van der Waals surface area contributed by atoms with Gasteiger partial charge in [0.05, 0.1) is 6.61 Å². The van der Waals surface area contributed by atoms with Crippen molar-refractivity contribution in [1.29, 1.82) is 0 Å². The van der Waals surface area contributed by atoms with Gasteiger partial charge in [0.25, 0.3) is 0 Å². The van der Waals surface area contributed by atoms with E-state index in [1.165, 1.54) is 6.33 Å². The second kappa shape index (κ2) is 8.66. The number of rotatable bonds is 9. The Morgan fingerprint density at radius 1 is 1.37 bits per heavy atom. The van der Waals surface area contributed by atoms with E-state index in [2.05, 4.69) is 34.2 Å². The number of hydrogen-bond acceptors (Lipinski definition) is 6.